The molecular formula is C19H20N4O. The van der Waals surface area contributed by atoms with Gasteiger partial charge in [0.15, 0.2) is 0 Å². The number of primary amides is 1. The van der Waals surface area contributed by atoms with Crippen molar-refractivity contribution in [3.63, 3.8) is 0 Å². The first-order valence-electron chi connectivity index (χ1n) is 8.23. The monoisotopic (exact) mass is 320 g/mol. The highest BCUT2D eigenvalue weighted by molar-refractivity contribution is 5.96. The molecule has 3 N–H and O–H groups in total. The number of fused-ring (bicyclic) bond motifs is 2. The average molecular weight is 320 g/mol. The molecule has 0 saturated heterocycles. The van der Waals surface area contributed by atoms with E-state index in [1.54, 1.807) is 0 Å². The number of rotatable bonds is 3. The first-order chi connectivity index (χ1) is 11.6. The standard InChI is InChI=1S/C19H20N4O/c1-12(19(20)24)23-10-9-17-16(11-23)18(22-21-17)15-8-4-6-13-5-2-3-7-14(13)15/h2-8,12H,9-11H2,1H3,(H2,20,24)(H,21,22). The number of hydrogen-bond donors (Lipinski definition) is 2. The van der Waals surface area contributed by atoms with Gasteiger partial charge < -0.3 is 5.73 Å². The van der Waals surface area contributed by atoms with E-state index in [2.05, 4.69) is 45.4 Å². The molecule has 4 rings (SSSR count). The molecule has 1 unspecified atom stereocenters. The van der Waals surface area contributed by atoms with Crippen molar-refractivity contribution in [1.82, 2.24) is 15.1 Å². The van der Waals surface area contributed by atoms with E-state index in [1.165, 1.54) is 16.3 Å². The van der Waals surface area contributed by atoms with Crippen molar-refractivity contribution in [3.05, 3.63) is 53.7 Å². The predicted molar refractivity (Wildman–Crippen MR) is 94.3 cm³/mol. The number of nitrogens with zero attached hydrogens (tertiary/aromatic N) is 2. The fourth-order valence-electron chi connectivity index (χ4n) is 3.48. The lowest BCUT2D eigenvalue weighted by atomic mass is 9.96. The van der Waals surface area contributed by atoms with Crippen LogP contribution in [0.25, 0.3) is 22.0 Å². The van der Waals surface area contributed by atoms with E-state index in [-0.39, 0.29) is 11.9 Å². The van der Waals surface area contributed by atoms with Crippen LogP contribution in [0.15, 0.2) is 42.5 Å². The third kappa shape index (κ3) is 2.37. The molecule has 0 spiro atoms. The minimum absolute atomic E-state index is 0.270. The summed E-state index contributed by atoms with van der Waals surface area (Å²) in [6, 6.07) is 14.3. The highest BCUT2D eigenvalue weighted by Gasteiger charge is 2.28. The summed E-state index contributed by atoms with van der Waals surface area (Å²) in [5.41, 5.74) is 9.91. The van der Waals surface area contributed by atoms with Crippen LogP contribution >= 0.6 is 0 Å². The van der Waals surface area contributed by atoms with Crippen LogP contribution in [0.3, 0.4) is 0 Å². The summed E-state index contributed by atoms with van der Waals surface area (Å²) in [6.07, 6.45) is 0.852. The first kappa shape index (κ1) is 14.9. The SMILES string of the molecule is CC(C(N)=O)N1CCc2[nH]nc(-c3cccc4ccccc34)c2C1. The number of carbonyl (C=O) groups excluding carboxylic acids is 1. The molecule has 5 heteroatoms. The molecule has 0 fully saturated rings. The Labute approximate surface area is 140 Å². The lowest BCUT2D eigenvalue weighted by molar-refractivity contribution is -0.123. The summed E-state index contributed by atoms with van der Waals surface area (Å²) in [4.78, 5) is 13.7. The molecule has 1 aromatic heterocycles. The lowest BCUT2D eigenvalue weighted by Crippen LogP contribution is -2.45. The Bertz CT molecular complexity index is 909. The number of hydrogen-bond acceptors (Lipinski definition) is 3. The van der Waals surface area contributed by atoms with E-state index in [0.717, 1.165) is 29.9 Å². The van der Waals surface area contributed by atoms with E-state index in [0.29, 0.717) is 6.54 Å². The molecule has 0 aliphatic carbocycles. The molecule has 0 bridgehead atoms. The summed E-state index contributed by atoms with van der Waals surface area (Å²) in [5, 5.41) is 10.2. The lowest BCUT2D eigenvalue weighted by Gasteiger charge is -2.30. The molecule has 1 aliphatic heterocycles. The normalized spacial score (nSPS) is 16.0. The second-order valence-electron chi connectivity index (χ2n) is 6.35. The van der Waals surface area contributed by atoms with Crippen LogP contribution in [0.2, 0.25) is 0 Å². The fraction of sp³-hybridized carbons (Fsp3) is 0.263. The fourth-order valence-corrected chi connectivity index (χ4v) is 3.48. The van der Waals surface area contributed by atoms with Gasteiger partial charge in [0.2, 0.25) is 5.91 Å². The molecule has 3 aromatic rings. The highest BCUT2D eigenvalue weighted by atomic mass is 16.1. The quantitative estimate of drug-likeness (QED) is 0.778. The first-order valence-corrected chi connectivity index (χ1v) is 8.23. The maximum atomic E-state index is 11.5. The molecule has 2 heterocycles. The summed E-state index contributed by atoms with van der Waals surface area (Å²) in [7, 11) is 0. The van der Waals surface area contributed by atoms with E-state index < -0.39 is 0 Å². The topological polar surface area (TPSA) is 75.0 Å². The number of carbonyl (C=O) groups is 1. The largest absolute Gasteiger partial charge is 0.368 e. The molecule has 0 radical (unpaired) electrons. The number of nitrogens with one attached hydrogen (secondary N) is 1. The Morgan fingerprint density at radius 2 is 2.04 bits per heavy atom. The van der Waals surface area contributed by atoms with Gasteiger partial charge in [-0.3, -0.25) is 14.8 Å². The Balaban J connectivity index is 1.79. The maximum Gasteiger partial charge on any atom is 0.234 e. The van der Waals surface area contributed by atoms with Crippen LogP contribution in [-0.2, 0) is 17.8 Å². The van der Waals surface area contributed by atoms with Crippen molar-refractivity contribution in [2.45, 2.75) is 25.9 Å². The third-order valence-electron chi connectivity index (χ3n) is 4.97. The summed E-state index contributed by atoms with van der Waals surface area (Å²) in [6.45, 7) is 3.37. The van der Waals surface area contributed by atoms with Crippen LogP contribution in [0.5, 0.6) is 0 Å². The van der Waals surface area contributed by atoms with Crippen LogP contribution in [0.4, 0.5) is 0 Å². The molecule has 24 heavy (non-hydrogen) atoms. The van der Waals surface area contributed by atoms with Gasteiger partial charge in [0.25, 0.3) is 0 Å². The summed E-state index contributed by atoms with van der Waals surface area (Å²) < 4.78 is 0. The zero-order valence-corrected chi connectivity index (χ0v) is 13.6. The minimum Gasteiger partial charge on any atom is -0.368 e. The van der Waals surface area contributed by atoms with Crippen molar-refractivity contribution < 1.29 is 4.79 Å². The van der Waals surface area contributed by atoms with Gasteiger partial charge in [-0.1, -0.05) is 42.5 Å². The van der Waals surface area contributed by atoms with Crippen molar-refractivity contribution in [2.24, 2.45) is 5.73 Å². The van der Waals surface area contributed by atoms with Crippen molar-refractivity contribution >= 4 is 16.7 Å². The smallest absolute Gasteiger partial charge is 0.234 e. The van der Waals surface area contributed by atoms with Crippen LogP contribution < -0.4 is 5.73 Å². The second-order valence-corrected chi connectivity index (χ2v) is 6.35. The Hall–Kier alpha value is -2.66. The number of aromatic amines is 1. The second kappa shape index (κ2) is 5.76. The van der Waals surface area contributed by atoms with Gasteiger partial charge in [-0.15, -0.1) is 0 Å². The maximum absolute atomic E-state index is 11.5. The van der Waals surface area contributed by atoms with Crippen LogP contribution in [0, 0.1) is 0 Å². The van der Waals surface area contributed by atoms with Crippen molar-refractivity contribution in [2.75, 3.05) is 6.54 Å². The summed E-state index contributed by atoms with van der Waals surface area (Å²) >= 11 is 0. The minimum atomic E-state index is -0.284. The average Bonchev–Trinajstić information content (AvgIpc) is 3.03. The zero-order valence-electron chi connectivity index (χ0n) is 13.6. The van der Waals surface area contributed by atoms with E-state index >= 15 is 0 Å². The van der Waals surface area contributed by atoms with Gasteiger partial charge in [-0.2, -0.15) is 5.10 Å². The molecule has 122 valence electrons. The van der Waals surface area contributed by atoms with Gasteiger partial charge in [0.1, 0.15) is 0 Å². The van der Waals surface area contributed by atoms with E-state index in [4.69, 9.17) is 5.73 Å². The molecule has 0 saturated carbocycles. The van der Waals surface area contributed by atoms with Crippen LogP contribution in [-0.4, -0.2) is 33.6 Å². The Kier molecular flexibility index (Phi) is 3.58. The number of aromatic nitrogens is 2. The van der Waals surface area contributed by atoms with Gasteiger partial charge in [0.05, 0.1) is 11.7 Å². The zero-order chi connectivity index (χ0) is 16.7. The van der Waals surface area contributed by atoms with Gasteiger partial charge in [0, 0.05) is 36.3 Å². The summed E-state index contributed by atoms with van der Waals surface area (Å²) in [5.74, 6) is -0.284. The molecule has 1 atom stereocenters. The molecule has 1 aliphatic rings. The van der Waals surface area contributed by atoms with Gasteiger partial charge in [-0.05, 0) is 17.7 Å². The number of amides is 1. The number of benzene rings is 2. The Morgan fingerprint density at radius 3 is 2.88 bits per heavy atom. The van der Waals surface area contributed by atoms with E-state index in [1.807, 2.05) is 19.1 Å². The van der Waals surface area contributed by atoms with E-state index in [9.17, 15) is 4.79 Å². The third-order valence-corrected chi connectivity index (χ3v) is 4.97. The highest BCUT2D eigenvalue weighted by Crippen LogP contribution is 2.33. The molecule has 1 amide bonds. The predicted octanol–water partition coefficient (Wildman–Crippen LogP) is 2.46. The van der Waals surface area contributed by atoms with Crippen molar-refractivity contribution in [1.29, 1.82) is 0 Å². The molecule has 5 nitrogen and oxygen atoms in total. The van der Waals surface area contributed by atoms with Crippen molar-refractivity contribution in [3.8, 4) is 11.3 Å². The molecular weight excluding hydrogens is 300 g/mol. The van der Waals surface area contributed by atoms with Gasteiger partial charge in [-0.25, -0.2) is 0 Å². The Morgan fingerprint density at radius 1 is 1.25 bits per heavy atom. The van der Waals surface area contributed by atoms with Crippen LogP contribution in [0.1, 0.15) is 18.2 Å². The molecule has 2 aromatic carbocycles. The van der Waals surface area contributed by atoms with Gasteiger partial charge >= 0.3 is 0 Å². The number of nitrogens with two attached hydrogens (primary N) is 1. The number of H-pyrrole nitrogens is 1.